The SMILES string of the molecule is CC1CN(Cc2ccc3occc3c2)CCN1. The molecule has 0 bridgehead atoms. The van der Waals surface area contributed by atoms with Crippen LogP contribution in [-0.4, -0.2) is 30.6 Å². The molecule has 3 heteroatoms. The van der Waals surface area contributed by atoms with E-state index in [2.05, 4.69) is 35.3 Å². The summed E-state index contributed by atoms with van der Waals surface area (Å²) in [5, 5.41) is 4.67. The van der Waals surface area contributed by atoms with Crippen LogP contribution < -0.4 is 5.32 Å². The molecule has 1 N–H and O–H groups in total. The standard InChI is InChI=1S/C14H18N2O/c1-11-9-16(6-5-15-11)10-12-2-3-14-13(8-12)4-7-17-14/h2-4,7-8,11,15H,5-6,9-10H2,1H3. The molecular weight excluding hydrogens is 212 g/mol. The molecule has 0 aliphatic carbocycles. The van der Waals surface area contributed by atoms with Crippen LogP contribution in [0.2, 0.25) is 0 Å². The highest BCUT2D eigenvalue weighted by molar-refractivity contribution is 5.77. The smallest absolute Gasteiger partial charge is 0.133 e. The molecule has 2 aromatic rings. The number of fused-ring (bicyclic) bond motifs is 1. The van der Waals surface area contributed by atoms with Crippen LogP contribution in [0.25, 0.3) is 11.0 Å². The van der Waals surface area contributed by atoms with Gasteiger partial charge in [-0.1, -0.05) is 6.07 Å². The Labute approximate surface area is 101 Å². The molecule has 0 saturated carbocycles. The maximum Gasteiger partial charge on any atom is 0.133 e. The van der Waals surface area contributed by atoms with Gasteiger partial charge < -0.3 is 9.73 Å². The van der Waals surface area contributed by atoms with Crippen molar-refractivity contribution in [3.8, 4) is 0 Å². The van der Waals surface area contributed by atoms with Crippen molar-refractivity contribution in [3.63, 3.8) is 0 Å². The minimum absolute atomic E-state index is 0.599. The summed E-state index contributed by atoms with van der Waals surface area (Å²) in [6.45, 7) is 6.63. The molecule has 1 saturated heterocycles. The molecule has 1 unspecified atom stereocenters. The normalized spacial score (nSPS) is 22.1. The Morgan fingerprint density at radius 1 is 1.41 bits per heavy atom. The molecule has 1 aliphatic heterocycles. The topological polar surface area (TPSA) is 28.4 Å². The van der Waals surface area contributed by atoms with Gasteiger partial charge in [0.15, 0.2) is 0 Å². The molecule has 1 aromatic heterocycles. The first-order valence-electron chi connectivity index (χ1n) is 6.23. The number of nitrogens with zero attached hydrogens (tertiary/aromatic N) is 1. The van der Waals surface area contributed by atoms with Crippen molar-refractivity contribution in [2.24, 2.45) is 0 Å². The molecule has 17 heavy (non-hydrogen) atoms. The third-order valence-electron chi connectivity index (χ3n) is 3.38. The van der Waals surface area contributed by atoms with Crippen molar-refractivity contribution in [3.05, 3.63) is 36.1 Å². The van der Waals surface area contributed by atoms with Crippen molar-refractivity contribution in [1.29, 1.82) is 0 Å². The number of nitrogens with one attached hydrogen (secondary N) is 1. The Morgan fingerprint density at radius 2 is 2.35 bits per heavy atom. The predicted octanol–water partition coefficient (Wildman–Crippen LogP) is 2.23. The summed E-state index contributed by atoms with van der Waals surface area (Å²) in [7, 11) is 0. The second-order valence-corrected chi connectivity index (χ2v) is 4.88. The van der Waals surface area contributed by atoms with E-state index in [9.17, 15) is 0 Å². The van der Waals surface area contributed by atoms with Gasteiger partial charge in [-0.3, -0.25) is 4.90 Å². The molecule has 3 nitrogen and oxygen atoms in total. The number of hydrogen-bond donors (Lipinski definition) is 1. The van der Waals surface area contributed by atoms with E-state index >= 15 is 0 Å². The Balaban J connectivity index is 1.75. The summed E-state index contributed by atoms with van der Waals surface area (Å²) in [5.41, 5.74) is 2.34. The quantitative estimate of drug-likeness (QED) is 0.857. The Hall–Kier alpha value is -1.32. The average Bonchev–Trinajstić information content (AvgIpc) is 2.76. The zero-order chi connectivity index (χ0) is 11.7. The van der Waals surface area contributed by atoms with Crippen LogP contribution in [0.1, 0.15) is 12.5 Å². The van der Waals surface area contributed by atoms with E-state index in [1.54, 1.807) is 6.26 Å². The van der Waals surface area contributed by atoms with Crippen molar-refractivity contribution in [2.45, 2.75) is 19.5 Å². The van der Waals surface area contributed by atoms with E-state index < -0.39 is 0 Å². The summed E-state index contributed by atoms with van der Waals surface area (Å²) in [4.78, 5) is 2.50. The van der Waals surface area contributed by atoms with E-state index in [4.69, 9.17) is 4.42 Å². The largest absolute Gasteiger partial charge is 0.464 e. The number of rotatable bonds is 2. The van der Waals surface area contributed by atoms with Gasteiger partial charge in [0.2, 0.25) is 0 Å². The number of piperazine rings is 1. The minimum atomic E-state index is 0.599. The van der Waals surface area contributed by atoms with Gasteiger partial charge in [-0.05, 0) is 30.7 Å². The van der Waals surface area contributed by atoms with Crippen LogP contribution in [0.3, 0.4) is 0 Å². The average molecular weight is 230 g/mol. The van der Waals surface area contributed by atoms with Gasteiger partial charge in [0.1, 0.15) is 5.58 Å². The molecule has 2 heterocycles. The van der Waals surface area contributed by atoms with Crippen LogP contribution in [0.15, 0.2) is 34.9 Å². The molecule has 0 radical (unpaired) electrons. The lowest BCUT2D eigenvalue weighted by Crippen LogP contribution is -2.48. The zero-order valence-electron chi connectivity index (χ0n) is 10.1. The monoisotopic (exact) mass is 230 g/mol. The lowest BCUT2D eigenvalue weighted by molar-refractivity contribution is 0.200. The van der Waals surface area contributed by atoms with Crippen LogP contribution >= 0.6 is 0 Å². The highest BCUT2D eigenvalue weighted by Gasteiger charge is 2.15. The second kappa shape index (κ2) is 4.51. The highest BCUT2D eigenvalue weighted by atomic mass is 16.3. The summed E-state index contributed by atoms with van der Waals surface area (Å²) in [6, 6.07) is 9.08. The molecule has 0 spiro atoms. The molecule has 1 aliphatic rings. The van der Waals surface area contributed by atoms with Crippen molar-refractivity contribution in [2.75, 3.05) is 19.6 Å². The van der Waals surface area contributed by atoms with E-state index in [1.807, 2.05) is 6.07 Å². The van der Waals surface area contributed by atoms with E-state index in [0.717, 1.165) is 31.8 Å². The third-order valence-corrected chi connectivity index (χ3v) is 3.38. The molecular formula is C14H18N2O. The Bertz CT molecular complexity index is 506. The Kier molecular flexibility index (Phi) is 2.87. The summed E-state index contributed by atoms with van der Waals surface area (Å²) in [6.07, 6.45) is 1.75. The first-order valence-corrected chi connectivity index (χ1v) is 6.23. The van der Waals surface area contributed by atoms with Gasteiger partial charge >= 0.3 is 0 Å². The zero-order valence-corrected chi connectivity index (χ0v) is 10.1. The van der Waals surface area contributed by atoms with Crippen LogP contribution in [-0.2, 0) is 6.54 Å². The van der Waals surface area contributed by atoms with Gasteiger partial charge in [0.05, 0.1) is 6.26 Å². The second-order valence-electron chi connectivity index (χ2n) is 4.88. The van der Waals surface area contributed by atoms with Crippen molar-refractivity contribution >= 4 is 11.0 Å². The van der Waals surface area contributed by atoms with Gasteiger partial charge in [0, 0.05) is 37.6 Å². The fraction of sp³-hybridized carbons (Fsp3) is 0.429. The van der Waals surface area contributed by atoms with E-state index in [1.165, 1.54) is 10.9 Å². The van der Waals surface area contributed by atoms with Gasteiger partial charge in [-0.2, -0.15) is 0 Å². The first-order chi connectivity index (χ1) is 8.31. The molecule has 1 atom stereocenters. The lowest BCUT2D eigenvalue weighted by atomic mass is 10.1. The fourth-order valence-electron chi connectivity index (χ4n) is 2.53. The van der Waals surface area contributed by atoms with Crippen molar-refractivity contribution in [1.82, 2.24) is 10.2 Å². The number of furan rings is 1. The predicted molar refractivity (Wildman–Crippen MR) is 69.0 cm³/mol. The van der Waals surface area contributed by atoms with Gasteiger partial charge in [-0.25, -0.2) is 0 Å². The van der Waals surface area contributed by atoms with Gasteiger partial charge in [0.25, 0.3) is 0 Å². The number of hydrogen-bond acceptors (Lipinski definition) is 3. The van der Waals surface area contributed by atoms with E-state index in [0.29, 0.717) is 6.04 Å². The van der Waals surface area contributed by atoms with Crippen LogP contribution in [0.4, 0.5) is 0 Å². The van der Waals surface area contributed by atoms with E-state index in [-0.39, 0.29) is 0 Å². The maximum absolute atomic E-state index is 5.36. The summed E-state index contributed by atoms with van der Waals surface area (Å²) >= 11 is 0. The number of benzene rings is 1. The van der Waals surface area contributed by atoms with Gasteiger partial charge in [-0.15, -0.1) is 0 Å². The van der Waals surface area contributed by atoms with Crippen molar-refractivity contribution < 1.29 is 4.42 Å². The molecule has 1 aromatic carbocycles. The maximum atomic E-state index is 5.36. The van der Waals surface area contributed by atoms with Crippen LogP contribution in [0.5, 0.6) is 0 Å². The fourth-order valence-corrected chi connectivity index (χ4v) is 2.53. The van der Waals surface area contributed by atoms with Crippen LogP contribution in [0, 0.1) is 0 Å². The summed E-state index contributed by atoms with van der Waals surface area (Å²) < 4.78 is 5.36. The summed E-state index contributed by atoms with van der Waals surface area (Å²) in [5.74, 6) is 0. The minimum Gasteiger partial charge on any atom is -0.464 e. The molecule has 3 rings (SSSR count). The lowest BCUT2D eigenvalue weighted by Gasteiger charge is -2.31. The highest BCUT2D eigenvalue weighted by Crippen LogP contribution is 2.18. The molecule has 1 fully saturated rings. The third kappa shape index (κ3) is 2.35. The molecule has 0 amide bonds. The first kappa shape index (κ1) is 10.8. The molecule has 90 valence electrons. The Morgan fingerprint density at radius 3 is 3.24 bits per heavy atom.